The normalized spacial score (nSPS) is 13.0. The molecule has 18 heavy (non-hydrogen) atoms. The van der Waals surface area contributed by atoms with Crippen molar-refractivity contribution in [1.29, 1.82) is 0 Å². The third kappa shape index (κ3) is 7.29. The Morgan fingerprint density at radius 1 is 1.06 bits per heavy atom. The van der Waals surface area contributed by atoms with Gasteiger partial charge in [-0.15, -0.1) is 0 Å². The third-order valence-electron chi connectivity index (χ3n) is 3.11. The Hall–Kier alpha value is -1.08. The first-order chi connectivity index (χ1) is 8.83. The first-order valence-corrected chi connectivity index (χ1v) is 7.20. The molecule has 0 aliphatic rings. The Balaban J connectivity index is 2.09. The van der Waals surface area contributed by atoms with Crippen LogP contribution in [0.2, 0.25) is 0 Å². The quantitative estimate of drug-likeness (QED) is 0.502. The van der Waals surface area contributed by atoms with E-state index in [4.69, 9.17) is 0 Å². The Bertz CT molecular complexity index is 316. The van der Waals surface area contributed by atoms with Crippen molar-refractivity contribution in [3.05, 3.63) is 48.0 Å². The van der Waals surface area contributed by atoms with Crippen LogP contribution in [0, 0.1) is 0 Å². The van der Waals surface area contributed by atoms with Crippen LogP contribution in [-0.2, 0) is 6.42 Å². The predicted molar refractivity (Wildman–Crippen MR) is 78.7 cm³/mol. The average Bonchev–Trinajstić information content (AvgIpc) is 2.39. The SMILES string of the molecule is CCCCCC/C=C/CC(O)Cc1ccccc1. The average molecular weight is 246 g/mol. The molecule has 1 aromatic rings. The van der Waals surface area contributed by atoms with Crippen LogP contribution in [0.4, 0.5) is 0 Å². The second kappa shape index (κ2) is 9.90. The zero-order chi connectivity index (χ0) is 13.1. The van der Waals surface area contributed by atoms with E-state index in [0.29, 0.717) is 0 Å². The van der Waals surface area contributed by atoms with E-state index < -0.39 is 0 Å². The van der Waals surface area contributed by atoms with E-state index in [1.54, 1.807) is 0 Å². The van der Waals surface area contributed by atoms with E-state index in [2.05, 4.69) is 31.2 Å². The van der Waals surface area contributed by atoms with Crippen molar-refractivity contribution in [1.82, 2.24) is 0 Å². The molecule has 0 saturated carbocycles. The van der Waals surface area contributed by atoms with Gasteiger partial charge in [0.2, 0.25) is 0 Å². The molecule has 0 radical (unpaired) electrons. The molecule has 0 amide bonds. The smallest absolute Gasteiger partial charge is 0.0614 e. The standard InChI is InChI=1S/C17H26O/c1-2-3-4-5-6-7-11-14-17(18)15-16-12-9-8-10-13-16/h7-13,17-18H,2-6,14-15H2,1H3/b11-7+. The van der Waals surface area contributed by atoms with Crippen LogP contribution in [0.5, 0.6) is 0 Å². The number of hydrogen-bond acceptors (Lipinski definition) is 1. The minimum Gasteiger partial charge on any atom is -0.392 e. The van der Waals surface area contributed by atoms with E-state index in [0.717, 1.165) is 19.3 Å². The maximum atomic E-state index is 9.89. The molecular weight excluding hydrogens is 220 g/mol. The van der Waals surface area contributed by atoms with Crippen LogP contribution >= 0.6 is 0 Å². The number of rotatable bonds is 9. The number of benzene rings is 1. The van der Waals surface area contributed by atoms with E-state index in [1.807, 2.05) is 18.2 Å². The van der Waals surface area contributed by atoms with Crippen LogP contribution in [0.3, 0.4) is 0 Å². The maximum absolute atomic E-state index is 9.89. The van der Waals surface area contributed by atoms with Gasteiger partial charge in [-0.25, -0.2) is 0 Å². The fourth-order valence-corrected chi connectivity index (χ4v) is 2.03. The molecule has 100 valence electrons. The van der Waals surface area contributed by atoms with Crippen LogP contribution in [0.15, 0.2) is 42.5 Å². The van der Waals surface area contributed by atoms with Crippen LogP contribution in [-0.4, -0.2) is 11.2 Å². The summed E-state index contributed by atoms with van der Waals surface area (Å²) in [5, 5.41) is 9.89. The highest BCUT2D eigenvalue weighted by Gasteiger charge is 2.02. The topological polar surface area (TPSA) is 20.2 Å². The summed E-state index contributed by atoms with van der Waals surface area (Å²) in [6.45, 7) is 2.23. The largest absolute Gasteiger partial charge is 0.392 e. The summed E-state index contributed by atoms with van der Waals surface area (Å²) in [6.07, 6.45) is 12.0. The molecule has 1 atom stereocenters. The molecule has 1 unspecified atom stereocenters. The highest BCUT2D eigenvalue weighted by atomic mass is 16.3. The van der Waals surface area contributed by atoms with Gasteiger partial charge in [-0.1, -0.05) is 68.7 Å². The monoisotopic (exact) mass is 246 g/mol. The van der Waals surface area contributed by atoms with Crippen LogP contribution < -0.4 is 0 Å². The van der Waals surface area contributed by atoms with Gasteiger partial charge >= 0.3 is 0 Å². The summed E-state index contributed by atoms with van der Waals surface area (Å²) in [7, 11) is 0. The zero-order valence-electron chi connectivity index (χ0n) is 11.5. The Morgan fingerprint density at radius 3 is 2.56 bits per heavy atom. The Labute approximate surface area is 112 Å². The molecular formula is C17H26O. The van der Waals surface area contributed by atoms with Gasteiger partial charge in [0.25, 0.3) is 0 Å². The molecule has 0 heterocycles. The summed E-state index contributed by atoms with van der Waals surface area (Å²) < 4.78 is 0. The molecule has 1 nitrogen and oxygen atoms in total. The summed E-state index contributed by atoms with van der Waals surface area (Å²) in [5.74, 6) is 0. The molecule has 0 aromatic heterocycles. The summed E-state index contributed by atoms with van der Waals surface area (Å²) in [5.41, 5.74) is 1.21. The lowest BCUT2D eigenvalue weighted by Gasteiger charge is -2.07. The lowest BCUT2D eigenvalue weighted by molar-refractivity contribution is 0.178. The van der Waals surface area contributed by atoms with Gasteiger partial charge in [0.05, 0.1) is 6.10 Å². The second-order valence-corrected chi connectivity index (χ2v) is 4.90. The lowest BCUT2D eigenvalue weighted by atomic mass is 10.1. The minimum atomic E-state index is -0.251. The number of allylic oxidation sites excluding steroid dienone is 1. The van der Waals surface area contributed by atoms with Gasteiger partial charge in [-0.2, -0.15) is 0 Å². The van der Waals surface area contributed by atoms with Crippen molar-refractivity contribution in [2.75, 3.05) is 0 Å². The molecule has 0 saturated heterocycles. The first kappa shape index (κ1) is 15.0. The van der Waals surface area contributed by atoms with Crippen molar-refractivity contribution >= 4 is 0 Å². The van der Waals surface area contributed by atoms with Gasteiger partial charge in [-0.05, 0) is 31.2 Å². The van der Waals surface area contributed by atoms with Crippen molar-refractivity contribution in [3.8, 4) is 0 Å². The van der Waals surface area contributed by atoms with Crippen LogP contribution in [0.25, 0.3) is 0 Å². The number of aliphatic hydroxyl groups is 1. The number of hydrogen-bond donors (Lipinski definition) is 1. The number of aliphatic hydroxyl groups excluding tert-OH is 1. The number of unbranched alkanes of at least 4 members (excludes halogenated alkanes) is 4. The van der Waals surface area contributed by atoms with Gasteiger partial charge in [0, 0.05) is 0 Å². The summed E-state index contributed by atoms with van der Waals surface area (Å²) >= 11 is 0. The lowest BCUT2D eigenvalue weighted by Crippen LogP contribution is -2.08. The molecule has 1 heteroatoms. The zero-order valence-corrected chi connectivity index (χ0v) is 11.5. The molecule has 1 rings (SSSR count). The molecule has 0 spiro atoms. The summed E-state index contributed by atoms with van der Waals surface area (Å²) in [6, 6.07) is 10.2. The third-order valence-corrected chi connectivity index (χ3v) is 3.11. The van der Waals surface area contributed by atoms with Crippen molar-refractivity contribution in [2.45, 2.75) is 58.0 Å². The second-order valence-electron chi connectivity index (χ2n) is 4.90. The van der Waals surface area contributed by atoms with Gasteiger partial charge in [0.1, 0.15) is 0 Å². The Kier molecular flexibility index (Phi) is 8.24. The molecule has 1 aromatic carbocycles. The molecule has 0 bridgehead atoms. The van der Waals surface area contributed by atoms with Gasteiger partial charge < -0.3 is 5.11 Å². The van der Waals surface area contributed by atoms with E-state index in [1.165, 1.54) is 31.2 Å². The van der Waals surface area contributed by atoms with E-state index >= 15 is 0 Å². The minimum absolute atomic E-state index is 0.251. The molecule has 1 N–H and O–H groups in total. The van der Waals surface area contributed by atoms with E-state index in [9.17, 15) is 5.11 Å². The highest BCUT2D eigenvalue weighted by Crippen LogP contribution is 2.07. The molecule has 0 aliphatic carbocycles. The van der Waals surface area contributed by atoms with Gasteiger partial charge in [0.15, 0.2) is 0 Å². The highest BCUT2D eigenvalue weighted by molar-refractivity contribution is 5.15. The van der Waals surface area contributed by atoms with E-state index in [-0.39, 0.29) is 6.10 Å². The fourth-order valence-electron chi connectivity index (χ4n) is 2.03. The maximum Gasteiger partial charge on any atom is 0.0614 e. The van der Waals surface area contributed by atoms with Gasteiger partial charge in [-0.3, -0.25) is 0 Å². The van der Waals surface area contributed by atoms with Crippen LogP contribution in [0.1, 0.15) is 51.0 Å². The summed E-state index contributed by atoms with van der Waals surface area (Å²) in [4.78, 5) is 0. The first-order valence-electron chi connectivity index (χ1n) is 7.20. The molecule has 0 aliphatic heterocycles. The molecule has 0 fully saturated rings. The predicted octanol–water partition coefficient (Wildman–Crippen LogP) is 4.51. The Morgan fingerprint density at radius 2 is 1.83 bits per heavy atom. The van der Waals surface area contributed by atoms with Crippen molar-refractivity contribution in [3.63, 3.8) is 0 Å². The van der Waals surface area contributed by atoms with Crippen molar-refractivity contribution in [2.24, 2.45) is 0 Å². The van der Waals surface area contributed by atoms with Crippen molar-refractivity contribution < 1.29 is 5.11 Å². The fraction of sp³-hybridized carbons (Fsp3) is 0.529.